The summed E-state index contributed by atoms with van der Waals surface area (Å²) in [5, 5.41) is 0. The normalized spacial score (nSPS) is 16.4. The minimum absolute atomic E-state index is 0.164. The third-order valence-corrected chi connectivity index (χ3v) is 6.48. The second-order valence-electron chi connectivity index (χ2n) is 9.42. The molecule has 0 spiro atoms. The van der Waals surface area contributed by atoms with Gasteiger partial charge >= 0.3 is 11.9 Å². The highest BCUT2D eigenvalue weighted by Crippen LogP contribution is 2.34. The van der Waals surface area contributed by atoms with Crippen LogP contribution in [-0.4, -0.2) is 18.0 Å². The largest absolute Gasteiger partial charge is 0.490 e. The highest BCUT2D eigenvalue weighted by Gasteiger charge is 2.25. The number of hydrogen-bond acceptors (Lipinski definition) is 5. The molecule has 2 aromatic rings. The van der Waals surface area contributed by atoms with Crippen molar-refractivity contribution < 1.29 is 23.8 Å². The van der Waals surface area contributed by atoms with E-state index in [1.165, 1.54) is 0 Å². The van der Waals surface area contributed by atoms with Crippen molar-refractivity contribution in [1.29, 1.82) is 0 Å². The van der Waals surface area contributed by atoms with Gasteiger partial charge in [-0.15, -0.1) is 0 Å². The number of rotatable bonds is 13. The molecule has 1 aliphatic heterocycles. The van der Waals surface area contributed by atoms with E-state index in [0.717, 1.165) is 81.1 Å². The molecular weight excluding hydrogens is 440 g/mol. The molecule has 3 rings (SSSR count). The summed E-state index contributed by atoms with van der Waals surface area (Å²) in [6.45, 7) is 6.51. The van der Waals surface area contributed by atoms with Gasteiger partial charge in [0.15, 0.2) is 0 Å². The number of esters is 2. The van der Waals surface area contributed by atoms with E-state index in [4.69, 9.17) is 14.2 Å². The van der Waals surface area contributed by atoms with E-state index in [1.54, 1.807) is 12.1 Å². The van der Waals surface area contributed by atoms with Crippen LogP contribution in [0.5, 0.6) is 11.5 Å². The summed E-state index contributed by atoms with van der Waals surface area (Å²) in [5.74, 6) is 0.663. The smallest absolute Gasteiger partial charge is 0.343 e. The van der Waals surface area contributed by atoms with Crippen molar-refractivity contribution in [2.45, 2.75) is 104 Å². The Morgan fingerprint density at radius 2 is 1.71 bits per heavy atom. The predicted molar refractivity (Wildman–Crippen MR) is 138 cm³/mol. The topological polar surface area (TPSA) is 61.8 Å². The van der Waals surface area contributed by atoms with Crippen LogP contribution in [0.4, 0.5) is 0 Å². The van der Waals surface area contributed by atoms with Gasteiger partial charge in [-0.2, -0.15) is 0 Å². The molecule has 1 aliphatic rings. The quantitative estimate of drug-likeness (QED) is 0.217. The van der Waals surface area contributed by atoms with Crippen molar-refractivity contribution in [1.82, 2.24) is 0 Å². The molecule has 0 aliphatic carbocycles. The predicted octanol–water partition coefficient (Wildman–Crippen LogP) is 7.75. The first-order valence-electron chi connectivity index (χ1n) is 13.3. The molecule has 1 saturated heterocycles. The Bertz CT molecular complexity index is 950. The zero-order valence-corrected chi connectivity index (χ0v) is 21.5. The zero-order valence-electron chi connectivity index (χ0n) is 21.5. The molecule has 190 valence electrons. The number of carbonyl (C=O) groups excluding carboxylic acids is 2. The number of benzene rings is 2. The van der Waals surface area contributed by atoms with E-state index in [2.05, 4.69) is 20.8 Å². The summed E-state index contributed by atoms with van der Waals surface area (Å²) >= 11 is 0. The first-order valence-corrected chi connectivity index (χ1v) is 13.3. The molecule has 1 fully saturated rings. The van der Waals surface area contributed by atoms with Gasteiger partial charge in [0.1, 0.15) is 17.6 Å². The Morgan fingerprint density at radius 3 is 2.40 bits per heavy atom. The van der Waals surface area contributed by atoms with Crippen LogP contribution in [0.15, 0.2) is 42.5 Å². The molecule has 0 N–H and O–H groups in total. The second kappa shape index (κ2) is 13.9. The van der Waals surface area contributed by atoms with Crippen molar-refractivity contribution in [3.63, 3.8) is 0 Å². The van der Waals surface area contributed by atoms with Crippen molar-refractivity contribution in [2.75, 3.05) is 0 Å². The van der Waals surface area contributed by atoms with Gasteiger partial charge in [0, 0.05) is 6.42 Å². The highest BCUT2D eigenvalue weighted by atomic mass is 16.5. The summed E-state index contributed by atoms with van der Waals surface area (Å²) in [4.78, 5) is 24.7. The molecular formula is C30H40O5. The Kier molecular flexibility index (Phi) is 10.6. The van der Waals surface area contributed by atoms with Crippen LogP contribution >= 0.6 is 0 Å². The lowest BCUT2D eigenvalue weighted by Gasteiger charge is -2.25. The second-order valence-corrected chi connectivity index (χ2v) is 9.42. The molecule has 1 heterocycles. The summed E-state index contributed by atoms with van der Waals surface area (Å²) in [7, 11) is 0. The minimum Gasteiger partial charge on any atom is -0.490 e. The van der Waals surface area contributed by atoms with Gasteiger partial charge in [-0.25, -0.2) is 4.79 Å². The summed E-state index contributed by atoms with van der Waals surface area (Å²) in [6.07, 6.45) is 10.5. The standard InChI is InChI=1S/C30H40O5/c1-4-7-11-22-15-20-26(21-27(22)28-13-9-14-29(31)35-28)34-30(32)23-16-18-25(19-17-23)33-24(10-6-3)12-8-5-2/h15-21,24,28H,4-14H2,1-3H3/t24?,28-/m0/s1. The molecule has 35 heavy (non-hydrogen) atoms. The van der Waals surface area contributed by atoms with E-state index in [9.17, 15) is 9.59 Å². The maximum absolute atomic E-state index is 12.8. The molecule has 0 saturated carbocycles. The molecule has 0 aromatic heterocycles. The number of unbranched alkanes of at least 4 members (excludes halogenated alkanes) is 2. The lowest BCUT2D eigenvalue weighted by Crippen LogP contribution is -2.18. The summed E-state index contributed by atoms with van der Waals surface area (Å²) in [5.41, 5.74) is 2.57. The maximum Gasteiger partial charge on any atom is 0.343 e. The first kappa shape index (κ1) is 26.8. The molecule has 2 atom stereocenters. The number of carbonyl (C=O) groups is 2. The van der Waals surface area contributed by atoms with Crippen LogP contribution in [0, 0.1) is 0 Å². The van der Waals surface area contributed by atoms with E-state index in [1.807, 2.05) is 30.3 Å². The summed E-state index contributed by atoms with van der Waals surface area (Å²) in [6, 6.07) is 12.9. The number of hydrogen-bond donors (Lipinski definition) is 0. The Hall–Kier alpha value is -2.82. The lowest BCUT2D eigenvalue weighted by atomic mass is 9.93. The fraction of sp³-hybridized carbons (Fsp3) is 0.533. The maximum atomic E-state index is 12.8. The molecule has 5 heteroatoms. The number of cyclic esters (lactones) is 1. The Labute approximate surface area is 210 Å². The third kappa shape index (κ3) is 8.12. The van der Waals surface area contributed by atoms with Crippen LogP contribution in [0.3, 0.4) is 0 Å². The molecule has 0 radical (unpaired) electrons. The van der Waals surface area contributed by atoms with Crippen molar-refractivity contribution >= 4 is 11.9 Å². The van der Waals surface area contributed by atoms with Gasteiger partial charge in [-0.1, -0.05) is 52.5 Å². The van der Waals surface area contributed by atoms with Crippen molar-refractivity contribution in [2.24, 2.45) is 0 Å². The fourth-order valence-corrected chi connectivity index (χ4v) is 4.50. The zero-order chi connectivity index (χ0) is 25.0. The van der Waals surface area contributed by atoms with Crippen molar-refractivity contribution in [3.05, 3.63) is 59.2 Å². The SMILES string of the molecule is CCCCc1ccc(OC(=O)c2ccc(OC(CCC)CCCC)cc2)cc1[C@@H]1CCCC(=O)O1. The first-order chi connectivity index (χ1) is 17.0. The fourth-order valence-electron chi connectivity index (χ4n) is 4.50. The van der Waals surface area contributed by atoms with E-state index >= 15 is 0 Å². The van der Waals surface area contributed by atoms with Crippen LogP contribution in [0.1, 0.15) is 113 Å². The van der Waals surface area contributed by atoms with Gasteiger partial charge in [0.25, 0.3) is 0 Å². The molecule has 2 aromatic carbocycles. The van der Waals surface area contributed by atoms with Gasteiger partial charge < -0.3 is 14.2 Å². The average Bonchev–Trinajstić information content (AvgIpc) is 2.87. The van der Waals surface area contributed by atoms with Gasteiger partial charge in [-0.3, -0.25) is 4.79 Å². The van der Waals surface area contributed by atoms with E-state index in [-0.39, 0.29) is 18.2 Å². The molecule has 1 unspecified atom stereocenters. The van der Waals surface area contributed by atoms with E-state index in [0.29, 0.717) is 17.7 Å². The Morgan fingerprint density at radius 1 is 0.971 bits per heavy atom. The number of ether oxygens (including phenoxy) is 3. The summed E-state index contributed by atoms with van der Waals surface area (Å²) < 4.78 is 17.5. The van der Waals surface area contributed by atoms with Crippen LogP contribution in [0.2, 0.25) is 0 Å². The Balaban J connectivity index is 1.69. The highest BCUT2D eigenvalue weighted by molar-refractivity contribution is 5.91. The average molecular weight is 481 g/mol. The monoisotopic (exact) mass is 480 g/mol. The van der Waals surface area contributed by atoms with Gasteiger partial charge in [-0.05, 0) is 86.1 Å². The molecule has 0 amide bonds. The molecule has 5 nitrogen and oxygen atoms in total. The minimum atomic E-state index is -0.416. The molecule has 0 bridgehead atoms. The van der Waals surface area contributed by atoms with E-state index < -0.39 is 5.97 Å². The third-order valence-electron chi connectivity index (χ3n) is 6.48. The van der Waals surface area contributed by atoms with Crippen LogP contribution in [-0.2, 0) is 16.0 Å². The lowest BCUT2D eigenvalue weighted by molar-refractivity contribution is -0.154. The van der Waals surface area contributed by atoms with Crippen LogP contribution in [0.25, 0.3) is 0 Å². The van der Waals surface area contributed by atoms with Gasteiger partial charge in [0.05, 0.1) is 11.7 Å². The van der Waals surface area contributed by atoms with Crippen molar-refractivity contribution in [3.8, 4) is 11.5 Å². The number of aryl methyl sites for hydroxylation is 1. The van der Waals surface area contributed by atoms with Crippen LogP contribution < -0.4 is 9.47 Å². The van der Waals surface area contributed by atoms with Gasteiger partial charge in [0.2, 0.25) is 0 Å².